The van der Waals surface area contributed by atoms with Gasteiger partial charge in [-0.1, -0.05) is 0 Å². The van der Waals surface area contributed by atoms with E-state index in [-0.39, 0.29) is 0 Å². The number of anilines is 2. The van der Waals surface area contributed by atoms with Gasteiger partial charge in [0.2, 0.25) is 0 Å². The Morgan fingerprint density at radius 2 is 1.52 bits per heavy atom. The second-order valence-corrected chi connectivity index (χ2v) is 4.24. The molecule has 0 aliphatic carbocycles. The summed E-state index contributed by atoms with van der Waals surface area (Å²) in [5.74, 6) is -7.12. The van der Waals surface area contributed by atoms with Crippen LogP contribution in [0.2, 0.25) is 0 Å². The minimum Gasteiger partial charge on any atom is -0.390 e. The van der Waals surface area contributed by atoms with Gasteiger partial charge in [-0.15, -0.1) is 0 Å². The number of aromatic amines is 2. The Kier molecular flexibility index (Phi) is 5.93. The van der Waals surface area contributed by atoms with Crippen LogP contribution < -0.4 is 16.5 Å². The highest BCUT2D eigenvalue weighted by Gasteiger charge is 2.75. The van der Waals surface area contributed by atoms with E-state index in [2.05, 4.69) is 30.7 Å². The maximum Gasteiger partial charge on any atom is 0.796 e. The molecule has 0 saturated carbocycles. The van der Waals surface area contributed by atoms with E-state index in [0.717, 1.165) is 0 Å². The molecule has 24 heteroatoms. The molecule has 0 fully saturated rings. The molecule has 0 saturated heterocycles. The molecule has 0 aliphatic heterocycles. The number of rotatable bonds is 7. The summed E-state index contributed by atoms with van der Waals surface area (Å²) in [6.45, 7) is 0. The summed E-state index contributed by atoms with van der Waals surface area (Å²) in [5, 5.41) is 59.9. The van der Waals surface area contributed by atoms with Crippen molar-refractivity contribution < 1.29 is 29.7 Å². The predicted molar refractivity (Wildman–Crippen MR) is 79.6 cm³/mol. The highest BCUT2D eigenvalue weighted by molar-refractivity contribution is 5.31. The Labute approximate surface area is 153 Å². The number of nitrogen functional groups attached to an aromatic ring is 2. The van der Waals surface area contributed by atoms with Gasteiger partial charge in [0.25, 0.3) is 5.95 Å². The summed E-state index contributed by atoms with van der Waals surface area (Å²) in [6, 6.07) is 0. The first-order valence-corrected chi connectivity index (χ1v) is 6.24. The molecule has 0 atom stereocenters. The molecular weight excluding hydrogens is 416 g/mol. The lowest BCUT2D eigenvalue weighted by Gasteiger charge is -2.08. The zero-order chi connectivity index (χ0) is 22.5. The van der Waals surface area contributed by atoms with Gasteiger partial charge in [0.1, 0.15) is 5.03 Å². The molecule has 0 radical (unpaired) electrons. The average Bonchev–Trinajstić information content (AvgIpc) is 3.13. The van der Waals surface area contributed by atoms with Crippen molar-refractivity contribution in [2.24, 2.45) is 0 Å². The number of nitrogens with zero attached hydrogens (tertiary/aromatic N) is 10. The lowest BCUT2D eigenvalue weighted by molar-refractivity contribution is -1.01. The van der Waals surface area contributed by atoms with Crippen molar-refractivity contribution >= 4 is 23.8 Å². The average molecular weight is 422 g/mol. The van der Waals surface area contributed by atoms with Crippen molar-refractivity contribution in [1.29, 1.82) is 0 Å². The number of nitro groups is 5. The molecule has 2 rings (SSSR count). The monoisotopic (exact) mass is 422 g/mol. The number of nitrogens with two attached hydrogens (primary N) is 2. The summed E-state index contributed by atoms with van der Waals surface area (Å²) < 4.78 is -0.839. The SMILES string of the molecule is Nc1n[nH]c(N)[nH+]1.O=[N+]([O-])[N-]c1nc([N+](=O)[O-])nn1C([N+](=O)[O-])([N+](=O)[O-])[N+](=O)[O-]. The van der Waals surface area contributed by atoms with Crippen LogP contribution in [0.4, 0.5) is 23.8 Å². The van der Waals surface area contributed by atoms with Gasteiger partial charge in [0.05, 0.1) is 0 Å². The summed E-state index contributed by atoms with van der Waals surface area (Å²) in [6.07, 6.45) is 0. The smallest absolute Gasteiger partial charge is 0.390 e. The number of hydrogen-bond donors (Lipinski definition) is 3. The number of nitrogens with one attached hydrogen (secondary N) is 2. The van der Waals surface area contributed by atoms with Crippen LogP contribution in [0.1, 0.15) is 0 Å². The summed E-state index contributed by atoms with van der Waals surface area (Å²) in [5.41, 5.74) is 12.5. The molecule has 2 aromatic heterocycles. The number of aromatic nitrogens is 6. The van der Waals surface area contributed by atoms with Crippen LogP contribution in [0, 0.1) is 50.6 Å². The van der Waals surface area contributed by atoms with E-state index in [9.17, 15) is 50.6 Å². The van der Waals surface area contributed by atoms with Gasteiger partial charge < -0.3 is 21.6 Å². The lowest BCUT2D eigenvalue weighted by Crippen LogP contribution is -2.55. The van der Waals surface area contributed by atoms with Gasteiger partial charge in [-0.2, -0.15) is 5.10 Å². The fourth-order valence-electron chi connectivity index (χ4n) is 1.46. The number of hydrogen-bond acceptors (Lipinski definition) is 15. The highest BCUT2D eigenvalue weighted by Crippen LogP contribution is 2.28. The van der Waals surface area contributed by atoms with Gasteiger partial charge in [-0.25, -0.2) is 15.1 Å². The highest BCUT2D eigenvalue weighted by atomic mass is 16.7. The quantitative estimate of drug-likeness (QED) is 0.230. The van der Waals surface area contributed by atoms with Gasteiger partial charge >= 0.3 is 23.8 Å². The zero-order valence-corrected chi connectivity index (χ0v) is 13.2. The zero-order valence-electron chi connectivity index (χ0n) is 13.2. The van der Waals surface area contributed by atoms with Crippen molar-refractivity contribution in [2.75, 3.05) is 11.5 Å². The lowest BCUT2D eigenvalue weighted by atomic mass is 10.6. The van der Waals surface area contributed by atoms with Crippen LogP contribution in [0.5, 0.6) is 0 Å². The summed E-state index contributed by atoms with van der Waals surface area (Å²) in [4.78, 5) is 50.5. The van der Waals surface area contributed by atoms with Gasteiger partial charge in [0.15, 0.2) is 14.8 Å². The van der Waals surface area contributed by atoms with Crippen LogP contribution in [-0.2, 0) is 5.91 Å². The largest absolute Gasteiger partial charge is 0.796 e. The molecular formula is C5H6N14O10. The Hall–Kier alpha value is -5.32. The number of H-pyrrole nitrogens is 2. The van der Waals surface area contributed by atoms with Crippen molar-refractivity contribution in [2.45, 2.75) is 5.91 Å². The van der Waals surface area contributed by atoms with E-state index < -0.39 is 47.2 Å². The fraction of sp³-hybridized carbons (Fsp3) is 0.200. The Balaban J connectivity index is 0.000000502. The molecule has 0 unspecified atom stereocenters. The predicted octanol–water partition coefficient (Wildman–Crippen LogP) is -2.83. The van der Waals surface area contributed by atoms with Gasteiger partial charge in [-0.05, 0) is 30.2 Å². The van der Waals surface area contributed by atoms with Crippen LogP contribution in [0.15, 0.2) is 0 Å². The minimum absolute atomic E-state index is 0.303. The first kappa shape index (κ1) is 21.7. The molecule has 0 spiro atoms. The summed E-state index contributed by atoms with van der Waals surface area (Å²) in [7, 11) is 0. The molecule has 24 nitrogen and oxygen atoms in total. The normalized spacial score (nSPS) is 10.3. The third-order valence-corrected chi connectivity index (χ3v) is 2.49. The van der Waals surface area contributed by atoms with Crippen LogP contribution in [0.25, 0.3) is 5.43 Å². The second kappa shape index (κ2) is 7.92. The minimum atomic E-state index is -4.52. The Bertz CT molecular complexity index is 923. The van der Waals surface area contributed by atoms with Crippen LogP contribution >= 0.6 is 0 Å². The molecule has 0 bridgehead atoms. The third-order valence-electron chi connectivity index (χ3n) is 2.49. The first-order valence-electron chi connectivity index (χ1n) is 6.24. The molecule has 2 aromatic rings. The van der Waals surface area contributed by atoms with E-state index in [1.807, 2.05) is 0 Å². The van der Waals surface area contributed by atoms with Crippen LogP contribution in [-0.4, -0.2) is 49.7 Å². The van der Waals surface area contributed by atoms with E-state index in [0.29, 0.717) is 11.9 Å². The molecule has 156 valence electrons. The molecule has 0 aliphatic rings. The van der Waals surface area contributed by atoms with Gasteiger partial charge in [0, 0.05) is 0 Å². The van der Waals surface area contributed by atoms with E-state index >= 15 is 0 Å². The van der Waals surface area contributed by atoms with Crippen LogP contribution in [0.3, 0.4) is 0 Å². The maximum absolute atomic E-state index is 10.8. The molecule has 2 heterocycles. The third kappa shape index (κ3) is 4.27. The standard InChI is InChI=1S/C3N9O10.C2H5N5/c13-8(14)2-4-1(6-12(21)22)7(5-2)3(9(15)16,10(17)18)11(19)20;3-1-5-2(4)7-6-1/h;(H5,3,4,5,6,7)/q-1;/p+1. The molecule has 6 N–H and O–H groups in total. The topological polar surface area (TPSA) is 355 Å². The van der Waals surface area contributed by atoms with E-state index in [1.165, 1.54) is 0 Å². The Morgan fingerprint density at radius 1 is 1.00 bits per heavy atom. The fourth-order valence-corrected chi connectivity index (χ4v) is 1.46. The maximum atomic E-state index is 10.8. The van der Waals surface area contributed by atoms with Gasteiger partial charge in [-0.3, -0.25) is 30.3 Å². The first-order chi connectivity index (χ1) is 13.3. The second-order valence-electron chi connectivity index (χ2n) is 4.24. The van der Waals surface area contributed by atoms with Crippen molar-refractivity contribution in [3.8, 4) is 0 Å². The molecule has 0 aromatic carbocycles. The summed E-state index contributed by atoms with van der Waals surface area (Å²) >= 11 is 0. The molecule has 0 amide bonds. The Morgan fingerprint density at radius 3 is 1.79 bits per heavy atom. The van der Waals surface area contributed by atoms with Crippen molar-refractivity contribution in [1.82, 2.24) is 25.0 Å². The van der Waals surface area contributed by atoms with E-state index in [1.54, 1.807) is 0 Å². The van der Waals surface area contributed by atoms with Crippen molar-refractivity contribution in [3.05, 3.63) is 56.0 Å². The molecule has 29 heavy (non-hydrogen) atoms. The van der Waals surface area contributed by atoms with Crippen molar-refractivity contribution in [3.63, 3.8) is 0 Å². The van der Waals surface area contributed by atoms with E-state index in [4.69, 9.17) is 11.5 Å².